The van der Waals surface area contributed by atoms with E-state index in [1.807, 2.05) is 24.9 Å². The molecule has 6 nitrogen and oxygen atoms in total. The van der Waals surface area contributed by atoms with Crippen molar-refractivity contribution >= 4 is 17.3 Å². The molecule has 21 heavy (non-hydrogen) atoms. The Kier molecular flexibility index (Phi) is 4.16. The Morgan fingerprint density at radius 3 is 2.71 bits per heavy atom. The van der Waals surface area contributed by atoms with Crippen molar-refractivity contribution in [3.63, 3.8) is 0 Å². The van der Waals surface area contributed by atoms with Gasteiger partial charge in [0.05, 0.1) is 17.6 Å². The van der Waals surface area contributed by atoms with Crippen molar-refractivity contribution in [2.45, 2.75) is 13.5 Å². The maximum Gasteiger partial charge on any atom is 0.253 e. The van der Waals surface area contributed by atoms with Crippen molar-refractivity contribution in [1.29, 1.82) is 0 Å². The van der Waals surface area contributed by atoms with Crippen LogP contribution in [0.5, 0.6) is 0 Å². The van der Waals surface area contributed by atoms with Crippen LogP contribution < -0.4 is 11.1 Å². The van der Waals surface area contributed by atoms with E-state index >= 15 is 0 Å². The van der Waals surface area contributed by atoms with Gasteiger partial charge in [0, 0.05) is 44.5 Å². The third kappa shape index (κ3) is 3.16. The van der Waals surface area contributed by atoms with E-state index in [4.69, 9.17) is 5.73 Å². The van der Waals surface area contributed by atoms with Gasteiger partial charge in [0.25, 0.3) is 5.91 Å². The summed E-state index contributed by atoms with van der Waals surface area (Å²) in [5, 5.41) is 7.47. The zero-order chi connectivity index (χ0) is 15.6. The first-order valence-electron chi connectivity index (χ1n) is 6.72. The number of nitrogens with zero attached hydrogens (tertiary/aromatic N) is 3. The number of nitrogens with two attached hydrogens (primary N) is 1. The van der Waals surface area contributed by atoms with Gasteiger partial charge in [-0.1, -0.05) is 0 Å². The number of benzene rings is 1. The normalized spacial score (nSPS) is 10.5. The molecule has 2 rings (SSSR count). The molecule has 0 bridgehead atoms. The SMILES string of the molecule is Cc1c(CNc2cc(C(=O)N(C)C)ccc2N)cnn1C. The molecule has 0 radical (unpaired) electrons. The molecule has 0 fully saturated rings. The zero-order valence-electron chi connectivity index (χ0n) is 12.8. The molecule has 0 aliphatic carbocycles. The second kappa shape index (κ2) is 5.87. The van der Waals surface area contributed by atoms with Crippen LogP contribution in [-0.4, -0.2) is 34.7 Å². The summed E-state index contributed by atoms with van der Waals surface area (Å²) in [7, 11) is 5.36. The highest BCUT2D eigenvalue weighted by molar-refractivity contribution is 5.95. The number of amides is 1. The van der Waals surface area contributed by atoms with Gasteiger partial charge in [-0.05, 0) is 25.1 Å². The fourth-order valence-electron chi connectivity index (χ4n) is 2.01. The molecule has 2 aromatic rings. The van der Waals surface area contributed by atoms with Gasteiger partial charge in [-0.2, -0.15) is 5.10 Å². The van der Waals surface area contributed by atoms with Crippen molar-refractivity contribution in [1.82, 2.24) is 14.7 Å². The predicted octanol–water partition coefficient (Wildman–Crippen LogP) is 1.62. The molecule has 1 heterocycles. The predicted molar refractivity (Wildman–Crippen MR) is 84.1 cm³/mol. The van der Waals surface area contributed by atoms with Crippen molar-refractivity contribution in [3.8, 4) is 0 Å². The molecule has 3 N–H and O–H groups in total. The van der Waals surface area contributed by atoms with Crippen LogP contribution in [0.3, 0.4) is 0 Å². The molecule has 0 aliphatic heterocycles. The van der Waals surface area contributed by atoms with E-state index in [2.05, 4.69) is 10.4 Å². The second-order valence-electron chi connectivity index (χ2n) is 5.23. The molecule has 1 aromatic carbocycles. The fourth-order valence-corrected chi connectivity index (χ4v) is 2.01. The number of nitrogen functional groups attached to an aromatic ring is 1. The van der Waals surface area contributed by atoms with Crippen molar-refractivity contribution in [3.05, 3.63) is 41.2 Å². The van der Waals surface area contributed by atoms with Crippen molar-refractivity contribution < 1.29 is 4.79 Å². The summed E-state index contributed by atoms with van der Waals surface area (Å²) in [6, 6.07) is 5.26. The number of hydrogen-bond donors (Lipinski definition) is 2. The molecule has 0 saturated carbocycles. The summed E-state index contributed by atoms with van der Waals surface area (Å²) in [5.74, 6) is -0.0457. The number of aryl methyl sites for hydroxylation is 1. The third-order valence-electron chi connectivity index (χ3n) is 3.51. The molecule has 1 aromatic heterocycles. The summed E-state index contributed by atoms with van der Waals surface area (Å²) in [6.45, 7) is 2.63. The van der Waals surface area contributed by atoms with E-state index in [1.165, 1.54) is 0 Å². The van der Waals surface area contributed by atoms with Gasteiger partial charge >= 0.3 is 0 Å². The Bertz CT molecular complexity index is 660. The van der Waals surface area contributed by atoms with Crippen LogP contribution >= 0.6 is 0 Å². The number of anilines is 2. The van der Waals surface area contributed by atoms with E-state index in [0.29, 0.717) is 17.8 Å². The van der Waals surface area contributed by atoms with Gasteiger partial charge in [-0.25, -0.2) is 0 Å². The molecule has 0 spiro atoms. The van der Waals surface area contributed by atoms with Crippen molar-refractivity contribution in [2.24, 2.45) is 7.05 Å². The Morgan fingerprint density at radius 1 is 1.43 bits per heavy atom. The van der Waals surface area contributed by atoms with Crippen LogP contribution in [0.2, 0.25) is 0 Å². The summed E-state index contributed by atoms with van der Waals surface area (Å²) < 4.78 is 1.83. The smallest absolute Gasteiger partial charge is 0.253 e. The zero-order valence-corrected chi connectivity index (χ0v) is 12.8. The maximum atomic E-state index is 12.0. The summed E-state index contributed by atoms with van der Waals surface area (Å²) in [5.41, 5.74) is 10.1. The van der Waals surface area contributed by atoms with Crippen LogP contribution in [0, 0.1) is 6.92 Å². The van der Waals surface area contributed by atoms with E-state index in [1.54, 1.807) is 37.2 Å². The topological polar surface area (TPSA) is 76.2 Å². The quantitative estimate of drug-likeness (QED) is 0.838. The standard InChI is InChI=1S/C15H21N5O/c1-10-12(9-18-20(10)4)8-17-14-7-11(5-6-13(14)16)15(21)19(2)3/h5-7,9,17H,8,16H2,1-4H3. The van der Waals surface area contributed by atoms with Gasteiger partial charge in [-0.3, -0.25) is 9.48 Å². The number of carbonyl (C=O) groups excluding carboxylic acids is 1. The Labute approximate surface area is 124 Å². The van der Waals surface area contributed by atoms with E-state index < -0.39 is 0 Å². The first kappa shape index (κ1) is 14.9. The van der Waals surface area contributed by atoms with Gasteiger partial charge in [-0.15, -0.1) is 0 Å². The van der Waals surface area contributed by atoms with Crippen LogP contribution in [-0.2, 0) is 13.6 Å². The minimum Gasteiger partial charge on any atom is -0.397 e. The first-order chi connectivity index (χ1) is 9.90. The van der Waals surface area contributed by atoms with E-state index in [-0.39, 0.29) is 5.91 Å². The van der Waals surface area contributed by atoms with Gasteiger partial charge in [0.1, 0.15) is 0 Å². The minimum atomic E-state index is -0.0457. The number of nitrogens with one attached hydrogen (secondary N) is 1. The highest BCUT2D eigenvalue weighted by Crippen LogP contribution is 2.22. The number of rotatable bonds is 4. The summed E-state index contributed by atoms with van der Waals surface area (Å²) >= 11 is 0. The molecule has 0 atom stereocenters. The largest absolute Gasteiger partial charge is 0.397 e. The van der Waals surface area contributed by atoms with Crippen LogP contribution in [0.4, 0.5) is 11.4 Å². The Hall–Kier alpha value is -2.50. The minimum absolute atomic E-state index is 0.0457. The van der Waals surface area contributed by atoms with E-state index in [0.717, 1.165) is 16.9 Å². The Balaban J connectivity index is 2.18. The average molecular weight is 287 g/mol. The molecular weight excluding hydrogens is 266 g/mol. The Morgan fingerprint density at radius 2 is 2.14 bits per heavy atom. The van der Waals surface area contributed by atoms with Gasteiger partial charge in [0.15, 0.2) is 0 Å². The van der Waals surface area contributed by atoms with Gasteiger partial charge < -0.3 is 16.0 Å². The van der Waals surface area contributed by atoms with Crippen LogP contribution in [0.1, 0.15) is 21.6 Å². The highest BCUT2D eigenvalue weighted by Gasteiger charge is 2.11. The van der Waals surface area contributed by atoms with Crippen LogP contribution in [0.25, 0.3) is 0 Å². The molecule has 6 heteroatoms. The lowest BCUT2D eigenvalue weighted by atomic mass is 10.1. The number of aromatic nitrogens is 2. The number of hydrogen-bond acceptors (Lipinski definition) is 4. The lowest BCUT2D eigenvalue weighted by Gasteiger charge is -2.14. The maximum absolute atomic E-state index is 12.0. The van der Waals surface area contributed by atoms with Crippen LogP contribution in [0.15, 0.2) is 24.4 Å². The third-order valence-corrected chi connectivity index (χ3v) is 3.51. The fraction of sp³-hybridized carbons (Fsp3) is 0.333. The highest BCUT2D eigenvalue weighted by atomic mass is 16.2. The molecule has 0 aliphatic rings. The lowest BCUT2D eigenvalue weighted by Crippen LogP contribution is -2.21. The van der Waals surface area contributed by atoms with Gasteiger partial charge in [0.2, 0.25) is 0 Å². The lowest BCUT2D eigenvalue weighted by molar-refractivity contribution is 0.0827. The molecule has 0 unspecified atom stereocenters. The molecular formula is C15H21N5O. The second-order valence-corrected chi connectivity index (χ2v) is 5.23. The number of carbonyl (C=O) groups is 1. The van der Waals surface area contributed by atoms with Crippen molar-refractivity contribution in [2.75, 3.05) is 25.1 Å². The monoisotopic (exact) mass is 287 g/mol. The molecule has 112 valence electrons. The summed E-state index contributed by atoms with van der Waals surface area (Å²) in [4.78, 5) is 13.5. The molecule has 1 amide bonds. The molecule has 0 saturated heterocycles. The van der Waals surface area contributed by atoms with E-state index in [9.17, 15) is 4.79 Å². The average Bonchev–Trinajstić information content (AvgIpc) is 2.77. The summed E-state index contributed by atoms with van der Waals surface area (Å²) in [6.07, 6.45) is 1.83. The first-order valence-corrected chi connectivity index (χ1v) is 6.72.